The van der Waals surface area contributed by atoms with E-state index in [9.17, 15) is 0 Å². The quantitative estimate of drug-likeness (QED) is 0.469. The van der Waals surface area contributed by atoms with Gasteiger partial charge < -0.3 is 0 Å². The van der Waals surface area contributed by atoms with E-state index >= 15 is 0 Å². The van der Waals surface area contributed by atoms with Crippen LogP contribution in [0, 0.1) is 24.0 Å². The van der Waals surface area contributed by atoms with E-state index < -0.39 is 0 Å². The summed E-state index contributed by atoms with van der Waals surface area (Å²) >= 11 is 0. The second-order valence-corrected chi connectivity index (χ2v) is 5.60. The molecule has 2 unspecified atom stereocenters. The molecule has 0 amide bonds. The summed E-state index contributed by atoms with van der Waals surface area (Å²) in [7, 11) is 0. The maximum absolute atomic E-state index is 3.36. The number of rotatable bonds is 0. The van der Waals surface area contributed by atoms with Crippen molar-refractivity contribution in [3.8, 4) is 0 Å². The van der Waals surface area contributed by atoms with Crippen molar-refractivity contribution in [3.05, 3.63) is 45.6 Å². The third kappa shape index (κ3) is 5.16. The fourth-order valence-electron chi connectivity index (χ4n) is 2.32. The monoisotopic (exact) mass is 368 g/mol. The van der Waals surface area contributed by atoms with Gasteiger partial charge in [-0.15, -0.1) is 26.3 Å². The topological polar surface area (TPSA) is 0 Å². The van der Waals surface area contributed by atoms with Gasteiger partial charge in [-0.25, -0.2) is 11.1 Å². The molecule has 0 aliphatic heterocycles. The molecular weight excluding hydrogens is 343 g/mol. The van der Waals surface area contributed by atoms with Gasteiger partial charge >= 0.3 is 26.2 Å². The van der Waals surface area contributed by atoms with Crippen LogP contribution in [0.2, 0.25) is 0 Å². The van der Waals surface area contributed by atoms with Crippen molar-refractivity contribution >= 4 is 12.4 Å². The molecule has 0 radical (unpaired) electrons. The molecule has 2 atom stereocenters. The number of allylic oxidation sites excluding steroid dienone is 8. The standard InChI is InChI=1S/2C9H13.ClH.Zr/c2*1-6-5-7(2)9(4)8(6)3;;/h2*6H,1-4H3;1H;/q2*-1;;+2. The smallest absolute Gasteiger partial charge is 0.266 e. The summed E-state index contributed by atoms with van der Waals surface area (Å²) < 4.78 is 0. The molecule has 0 N–H and O–H groups in total. The third-order valence-corrected chi connectivity index (χ3v) is 4.47. The summed E-state index contributed by atoms with van der Waals surface area (Å²) in [6.07, 6.45) is 6.72. The second kappa shape index (κ2) is 9.21. The molecule has 0 heterocycles. The minimum absolute atomic E-state index is 0. The molecular formula is C18H27ClZr. The second-order valence-electron chi connectivity index (χ2n) is 5.60. The van der Waals surface area contributed by atoms with Crippen LogP contribution in [0.5, 0.6) is 0 Å². The first-order chi connectivity index (χ1) is 8.25. The molecule has 20 heavy (non-hydrogen) atoms. The predicted octanol–water partition coefficient (Wildman–Crippen LogP) is 5.86. The summed E-state index contributed by atoms with van der Waals surface area (Å²) in [6.45, 7) is 17.3. The molecule has 0 aromatic carbocycles. The Morgan fingerprint density at radius 3 is 0.950 bits per heavy atom. The van der Waals surface area contributed by atoms with Crippen molar-refractivity contribution in [2.45, 2.75) is 55.4 Å². The number of hydrogen-bond acceptors (Lipinski definition) is 0. The van der Waals surface area contributed by atoms with Crippen molar-refractivity contribution in [3.63, 3.8) is 0 Å². The van der Waals surface area contributed by atoms with Crippen LogP contribution in [0.3, 0.4) is 0 Å². The molecule has 0 nitrogen and oxygen atoms in total. The Bertz CT molecular complexity index is 420. The fourth-order valence-corrected chi connectivity index (χ4v) is 2.32. The Kier molecular flexibility index (Phi) is 10.3. The van der Waals surface area contributed by atoms with E-state index in [2.05, 4.69) is 67.5 Å². The maximum Gasteiger partial charge on any atom is 2.00 e. The van der Waals surface area contributed by atoms with Crippen molar-refractivity contribution in [1.29, 1.82) is 0 Å². The average molecular weight is 370 g/mol. The molecule has 0 bridgehead atoms. The van der Waals surface area contributed by atoms with Gasteiger partial charge in [0, 0.05) is 0 Å². The normalized spacial score (nSPS) is 24.4. The van der Waals surface area contributed by atoms with Crippen molar-refractivity contribution in [1.82, 2.24) is 0 Å². The Morgan fingerprint density at radius 1 is 0.650 bits per heavy atom. The molecule has 0 aromatic rings. The third-order valence-electron chi connectivity index (χ3n) is 4.47. The summed E-state index contributed by atoms with van der Waals surface area (Å²) in [6, 6.07) is 0. The molecule has 110 valence electrons. The SMILES string of the molecule is CC1=[C-]C(C)C(C)=C1C.CC1=[C-]C(C)C(C)=C1C.Cl.[Zr+2]. The first-order valence-corrected chi connectivity index (χ1v) is 6.81. The van der Waals surface area contributed by atoms with Gasteiger partial charge in [0.15, 0.2) is 0 Å². The molecule has 0 saturated carbocycles. The van der Waals surface area contributed by atoms with E-state index in [0.29, 0.717) is 11.8 Å². The zero-order valence-corrected chi connectivity index (χ0v) is 17.3. The van der Waals surface area contributed by atoms with Crippen LogP contribution in [-0.4, -0.2) is 0 Å². The van der Waals surface area contributed by atoms with E-state index in [4.69, 9.17) is 0 Å². The van der Waals surface area contributed by atoms with Gasteiger partial charge in [0.05, 0.1) is 0 Å². The summed E-state index contributed by atoms with van der Waals surface area (Å²) in [5.41, 5.74) is 8.49. The maximum atomic E-state index is 3.36. The Balaban J connectivity index is 0. The van der Waals surface area contributed by atoms with Gasteiger partial charge in [0.25, 0.3) is 0 Å². The van der Waals surface area contributed by atoms with Crippen molar-refractivity contribution in [2.75, 3.05) is 0 Å². The van der Waals surface area contributed by atoms with Crippen LogP contribution in [-0.2, 0) is 26.2 Å². The molecule has 2 heteroatoms. The Hall–Kier alpha value is 0.133. The molecule has 0 saturated heterocycles. The summed E-state index contributed by atoms with van der Waals surface area (Å²) in [4.78, 5) is 0. The van der Waals surface area contributed by atoms with Gasteiger partial charge in [0.1, 0.15) is 0 Å². The largest absolute Gasteiger partial charge is 2.00 e. The first-order valence-electron chi connectivity index (χ1n) is 6.81. The van der Waals surface area contributed by atoms with Crippen LogP contribution in [0.4, 0.5) is 0 Å². The minimum Gasteiger partial charge on any atom is -0.266 e. The zero-order valence-electron chi connectivity index (χ0n) is 14.1. The van der Waals surface area contributed by atoms with Crippen LogP contribution >= 0.6 is 12.4 Å². The van der Waals surface area contributed by atoms with Crippen LogP contribution < -0.4 is 0 Å². The van der Waals surface area contributed by atoms with E-state index in [-0.39, 0.29) is 38.6 Å². The van der Waals surface area contributed by atoms with Crippen LogP contribution in [0.1, 0.15) is 55.4 Å². The van der Waals surface area contributed by atoms with E-state index in [1.807, 2.05) is 0 Å². The predicted molar refractivity (Wildman–Crippen MR) is 87.2 cm³/mol. The summed E-state index contributed by atoms with van der Waals surface area (Å²) in [5.74, 6) is 1.12. The molecule has 0 aromatic heterocycles. The van der Waals surface area contributed by atoms with Crippen molar-refractivity contribution < 1.29 is 26.2 Å². The summed E-state index contributed by atoms with van der Waals surface area (Å²) in [5, 5.41) is 0. The van der Waals surface area contributed by atoms with Gasteiger partial charge in [-0.1, -0.05) is 53.4 Å². The van der Waals surface area contributed by atoms with E-state index in [0.717, 1.165) is 0 Å². The molecule has 2 aliphatic rings. The van der Waals surface area contributed by atoms with Crippen molar-refractivity contribution in [2.24, 2.45) is 11.8 Å². The molecule has 2 aliphatic carbocycles. The Labute approximate surface area is 151 Å². The molecule has 0 fully saturated rings. The van der Waals surface area contributed by atoms with Gasteiger partial charge in [-0.2, -0.15) is 22.3 Å². The fraction of sp³-hybridized carbons (Fsp3) is 0.556. The zero-order chi connectivity index (χ0) is 14.0. The molecule has 0 spiro atoms. The number of halogens is 1. The van der Waals surface area contributed by atoms with E-state index in [1.165, 1.54) is 33.4 Å². The number of hydrogen-bond donors (Lipinski definition) is 0. The van der Waals surface area contributed by atoms with Crippen LogP contribution in [0.15, 0.2) is 33.4 Å². The average Bonchev–Trinajstić information content (AvgIpc) is 2.66. The Morgan fingerprint density at radius 2 is 0.900 bits per heavy atom. The van der Waals surface area contributed by atoms with Crippen LogP contribution in [0.25, 0.3) is 0 Å². The minimum atomic E-state index is 0. The molecule has 2 rings (SSSR count). The van der Waals surface area contributed by atoms with Gasteiger partial charge in [0.2, 0.25) is 0 Å². The van der Waals surface area contributed by atoms with E-state index in [1.54, 1.807) is 0 Å². The van der Waals surface area contributed by atoms with Gasteiger partial charge in [-0.05, 0) is 0 Å². The first kappa shape index (κ1) is 22.4. The van der Waals surface area contributed by atoms with Gasteiger partial charge in [-0.3, -0.25) is 12.2 Å².